The maximum Gasteiger partial charge on any atom is 0.407 e. The zero-order valence-electron chi connectivity index (χ0n) is 15.9. The van der Waals surface area contributed by atoms with E-state index < -0.39 is 0 Å². The minimum Gasteiger partial charge on any atom is -0.446 e. The topological polar surface area (TPSA) is 71.0 Å². The zero-order chi connectivity index (χ0) is 18.2. The first-order valence-electron chi connectivity index (χ1n) is 8.91. The fraction of sp³-hybridized carbons (Fsp3) is 0.889. The SMILES string of the molecule is CN1C(C)(C)CC(OC(=O)NCCCCCCN=C=O)CC1(C)C. The van der Waals surface area contributed by atoms with Crippen molar-refractivity contribution in [1.82, 2.24) is 10.2 Å². The molecule has 0 aromatic carbocycles. The molecule has 24 heavy (non-hydrogen) atoms. The average Bonchev–Trinajstić information content (AvgIpc) is 2.47. The molecule has 6 heteroatoms. The molecule has 0 aliphatic carbocycles. The Morgan fingerprint density at radius 2 is 1.75 bits per heavy atom. The van der Waals surface area contributed by atoms with Crippen LogP contribution in [-0.4, -0.2) is 54.4 Å². The average molecular weight is 339 g/mol. The maximum atomic E-state index is 12.0. The second-order valence-corrected chi connectivity index (χ2v) is 7.93. The molecule has 0 spiro atoms. The third-order valence-electron chi connectivity index (χ3n) is 5.07. The molecule has 6 nitrogen and oxygen atoms in total. The highest BCUT2D eigenvalue weighted by atomic mass is 16.6. The van der Waals surface area contributed by atoms with E-state index in [1.807, 2.05) is 0 Å². The Balaban J connectivity index is 2.24. The number of rotatable bonds is 8. The van der Waals surface area contributed by atoms with Gasteiger partial charge in [-0.25, -0.2) is 14.6 Å². The molecule has 1 heterocycles. The van der Waals surface area contributed by atoms with Crippen LogP contribution in [0.2, 0.25) is 0 Å². The van der Waals surface area contributed by atoms with Crippen LogP contribution < -0.4 is 5.32 Å². The maximum absolute atomic E-state index is 12.0. The second kappa shape index (κ2) is 9.19. The summed E-state index contributed by atoms with van der Waals surface area (Å²) in [5.41, 5.74) is 0.0212. The number of unbranched alkanes of at least 4 members (excludes halogenated alkanes) is 3. The number of amides is 1. The molecular weight excluding hydrogens is 306 g/mol. The van der Waals surface area contributed by atoms with Crippen molar-refractivity contribution >= 4 is 12.2 Å². The summed E-state index contributed by atoms with van der Waals surface area (Å²) < 4.78 is 5.64. The van der Waals surface area contributed by atoms with Crippen molar-refractivity contribution in [3.05, 3.63) is 0 Å². The molecule has 0 atom stereocenters. The molecule has 1 aliphatic rings. The van der Waals surface area contributed by atoms with E-state index in [4.69, 9.17) is 4.74 Å². The van der Waals surface area contributed by atoms with E-state index in [0.717, 1.165) is 38.5 Å². The quantitative estimate of drug-likeness (QED) is 0.418. The van der Waals surface area contributed by atoms with Gasteiger partial charge in [-0.05, 0) is 47.6 Å². The van der Waals surface area contributed by atoms with Crippen LogP contribution in [0.1, 0.15) is 66.2 Å². The second-order valence-electron chi connectivity index (χ2n) is 7.93. The van der Waals surface area contributed by atoms with Gasteiger partial charge in [0.2, 0.25) is 6.08 Å². The summed E-state index contributed by atoms with van der Waals surface area (Å²) in [5.74, 6) is 0. The first kappa shape index (κ1) is 20.7. The number of isocyanates is 1. The number of hydrogen-bond acceptors (Lipinski definition) is 5. The Hall–Kier alpha value is -1.39. The molecule has 0 aromatic rings. The molecule has 1 saturated heterocycles. The Labute approximate surface area is 146 Å². The first-order chi connectivity index (χ1) is 11.2. The van der Waals surface area contributed by atoms with E-state index in [-0.39, 0.29) is 23.3 Å². The van der Waals surface area contributed by atoms with E-state index in [0.29, 0.717) is 13.1 Å². The predicted molar refractivity (Wildman–Crippen MR) is 94.9 cm³/mol. The van der Waals surface area contributed by atoms with Gasteiger partial charge in [-0.3, -0.25) is 4.90 Å². The van der Waals surface area contributed by atoms with Crippen LogP contribution in [-0.2, 0) is 9.53 Å². The molecule has 1 rings (SSSR count). The predicted octanol–water partition coefficient (Wildman–Crippen LogP) is 3.26. The fourth-order valence-electron chi connectivity index (χ4n) is 3.46. The van der Waals surface area contributed by atoms with Gasteiger partial charge in [0.05, 0.1) is 6.54 Å². The zero-order valence-corrected chi connectivity index (χ0v) is 15.9. The molecule has 1 N–H and O–H groups in total. The summed E-state index contributed by atoms with van der Waals surface area (Å²) >= 11 is 0. The van der Waals surface area contributed by atoms with Crippen molar-refractivity contribution in [2.75, 3.05) is 20.1 Å². The monoisotopic (exact) mass is 339 g/mol. The number of hydrogen-bond donors (Lipinski definition) is 1. The normalized spacial score (nSPS) is 20.2. The summed E-state index contributed by atoms with van der Waals surface area (Å²) in [6.45, 7) is 9.93. The third-order valence-corrected chi connectivity index (χ3v) is 5.07. The summed E-state index contributed by atoms with van der Waals surface area (Å²) in [6.07, 6.45) is 6.66. The molecular formula is C18H33N3O3. The van der Waals surface area contributed by atoms with Gasteiger partial charge < -0.3 is 10.1 Å². The highest BCUT2D eigenvalue weighted by Gasteiger charge is 2.44. The lowest BCUT2D eigenvalue weighted by Crippen LogP contribution is -2.60. The van der Waals surface area contributed by atoms with E-state index in [2.05, 4.69) is 50.0 Å². The van der Waals surface area contributed by atoms with Gasteiger partial charge in [0.15, 0.2) is 0 Å². The number of nitrogens with zero attached hydrogens (tertiary/aromatic N) is 2. The van der Waals surface area contributed by atoms with E-state index in [9.17, 15) is 9.59 Å². The highest BCUT2D eigenvalue weighted by Crippen LogP contribution is 2.38. The van der Waals surface area contributed by atoms with Crippen LogP contribution in [0.5, 0.6) is 0 Å². The smallest absolute Gasteiger partial charge is 0.407 e. The van der Waals surface area contributed by atoms with Crippen molar-refractivity contribution in [1.29, 1.82) is 0 Å². The third kappa shape index (κ3) is 6.62. The Morgan fingerprint density at radius 3 is 2.33 bits per heavy atom. The van der Waals surface area contributed by atoms with Gasteiger partial charge in [-0.2, -0.15) is 0 Å². The molecule has 0 bridgehead atoms. The molecule has 1 amide bonds. The summed E-state index contributed by atoms with van der Waals surface area (Å²) in [7, 11) is 2.14. The number of carbonyl (C=O) groups excluding carboxylic acids is 2. The van der Waals surface area contributed by atoms with Crippen molar-refractivity contribution in [3.8, 4) is 0 Å². The Morgan fingerprint density at radius 1 is 1.17 bits per heavy atom. The Kier molecular flexibility index (Phi) is 7.91. The minimum atomic E-state index is -0.318. The number of alkyl carbamates (subject to hydrolysis) is 1. The summed E-state index contributed by atoms with van der Waals surface area (Å²) in [6, 6.07) is 0. The molecule has 0 radical (unpaired) electrons. The lowest BCUT2D eigenvalue weighted by atomic mass is 9.79. The van der Waals surface area contributed by atoms with Gasteiger partial charge in [0.25, 0.3) is 0 Å². The molecule has 0 aromatic heterocycles. The molecule has 0 saturated carbocycles. The molecule has 138 valence electrons. The van der Waals surface area contributed by atoms with E-state index in [1.54, 1.807) is 0 Å². The standard InChI is InChI=1S/C18H33N3O3/c1-17(2)12-15(13-18(3,4)21(17)5)24-16(23)20-11-9-7-6-8-10-19-14-22/h15H,6-13H2,1-5H3,(H,20,23). The van der Waals surface area contributed by atoms with E-state index >= 15 is 0 Å². The number of ether oxygens (including phenoxy) is 1. The van der Waals surface area contributed by atoms with Crippen LogP contribution in [0.3, 0.4) is 0 Å². The summed E-state index contributed by atoms with van der Waals surface area (Å²) in [4.78, 5) is 27.8. The number of likely N-dealkylation sites (tertiary alicyclic amines) is 1. The van der Waals surface area contributed by atoms with Crippen LogP contribution >= 0.6 is 0 Å². The number of carbonyl (C=O) groups is 1. The van der Waals surface area contributed by atoms with Crippen LogP contribution in [0.15, 0.2) is 4.99 Å². The minimum absolute atomic E-state index is 0.0106. The number of piperidine rings is 1. The van der Waals surface area contributed by atoms with Crippen LogP contribution in [0.25, 0.3) is 0 Å². The number of nitrogens with one attached hydrogen (secondary N) is 1. The lowest BCUT2D eigenvalue weighted by Gasteiger charge is -2.53. The molecule has 0 unspecified atom stereocenters. The molecule has 1 fully saturated rings. The van der Waals surface area contributed by atoms with Crippen LogP contribution in [0.4, 0.5) is 4.79 Å². The lowest BCUT2D eigenvalue weighted by molar-refractivity contribution is -0.0680. The van der Waals surface area contributed by atoms with Gasteiger partial charge in [0.1, 0.15) is 6.10 Å². The first-order valence-corrected chi connectivity index (χ1v) is 8.91. The van der Waals surface area contributed by atoms with Crippen molar-refractivity contribution in [2.45, 2.75) is 83.4 Å². The van der Waals surface area contributed by atoms with Gasteiger partial charge in [-0.1, -0.05) is 12.8 Å². The molecule has 1 aliphatic heterocycles. The Bertz CT molecular complexity index is 438. The van der Waals surface area contributed by atoms with Gasteiger partial charge in [-0.15, -0.1) is 0 Å². The van der Waals surface area contributed by atoms with Crippen molar-refractivity contribution in [2.24, 2.45) is 4.99 Å². The highest BCUT2D eigenvalue weighted by molar-refractivity contribution is 5.67. The largest absolute Gasteiger partial charge is 0.446 e. The van der Waals surface area contributed by atoms with Crippen molar-refractivity contribution in [3.63, 3.8) is 0 Å². The van der Waals surface area contributed by atoms with Gasteiger partial charge >= 0.3 is 6.09 Å². The van der Waals surface area contributed by atoms with Gasteiger partial charge in [0, 0.05) is 30.5 Å². The summed E-state index contributed by atoms with van der Waals surface area (Å²) in [5, 5.41) is 2.84. The van der Waals surface area contributed by atoms with Crippen molar-refractivity contribution < 1.29 is 14.3 Å². The number of aliphatic imine (C=N–C) groups is 1. The van der Waals surface area contributed by atoms with Crippen LogP contribution in [0, 0.1) is 0 Å². The fourth-order valence-corrected chi connectivity index (χ4v) is 3.46. The van der Waals surface area contributed by atoms with E-state index in [1.165, 1.54) is 6.08 Å².